The van der Waals surface area contributed by atoms with Crippen LogP contribution in [0.3, 0.4) is 0 Å². The van der Waals surface area contributed by atoms with Crippen LogP contribution < -0.4 is 21.8 Å². The number of rotatable bonds is 5. The van der Waals surface area contributed by atoms with Crippen molar-refractivity contribution in [2.24, 2.45) is 0 Å². The molecular formula is C24H18F3N5O3. The van der Waals surface area contributed by atoms with Crippen molar-refractivity contribution in [3.05, 3.63) is 126 Å². The molecule has 35 heavy (non-hydrogen) atoms. The molecule has 2 aromatic carbocycles. The van der Waals surface area contributed by atoms with Gasteiger partial charge in [-0.3, -0.25) is 9.36 Å². The van der Waals surface area contributed by atoms with Crippen LogP contribution in [0.2, 0.25) is 0 Å². The minimum Gasteiger partial charge on any atom is -0.333 e. The number of nitrogens with one attached hydrogen (secondary N) is 1. The lowest BCUT2D eigenvalue weighted by atomic mass is 10.1. The van der Waals surface area contributed by atoms with Crippen LogP contribution in [0.5, 0.6) is 0 Å². The Labute approximate surface area is 195 Å². The second-order valence-electron chi connectivity index (χ2n) is 8.17. The van der Waals surface area contributed by atoms with Crippen LogP contribution in [0.1, 0.15) is 22.3 Å². The normalized spacial score (nSPS) is 12.7. The molecule has 1 aliphatic heterocycles. The van der Waals surface area contributed by atoms with E-state index < -0.39 is 34.4 Å². The maximum atomic E-state index is 13.9. The van der Waals surface area contributed by atoms with Gasteiger partial charge in [-0.25, -0.2) is 27.3 Å². The highest BCUT2D eigenvalue weighted by Gasteiger charge is 2.25. The van der Waals surface area contributed by atoms with Gasteiger partial charge in [0.25, 0.3) is 5.56 Å². The second-order valence-corrected chi connectivity index (χ2v) is 8.17. The molecule has 178 valence electrons. The highest BCUT2D eigenvalue weighted by atomic mass is 19.2. The molecule has 0 unspecified atom stereocenters. The molecule has 4 aromatic rings. The van der Waals surface area contributed by atoms with Crippen molar-refractivity contribution in [2.45, 2.75) is 26.2 Å². The Morgan fingerprint density at radius 3 is 2.14 bits per heavy atom. The average Bonchev–Trinajstić information content (AvgIpc) is 3.27. The fraction of sp³-hybridized carbons (Fsp3) is 0.167. The molecule has 0 saturated carbocycles. The van der Waals surface area contributed by atoms with Crippen molar-refractivity contribution < 1.29 is 13.2 Å². The SMILES string of the molecule is O=c1[nH]cccc1Cn1c(=O)nc(N2Cc3ccccc3C2)n(Cc2cc(F)c(F)c(F)c2)c1=O. The van der Waals surface area contributed by atoms with Gasteiger partial charge in [-0.15, -0.1) is 0 Å². The molecule has 0 radical (unpaired) electrons. The summed E-state index contributed by atoms with van der Waals surface area (Å²) in [5, 5.41) is 0. The van der Waals surface area contributed by atoms with Gasteiger partial charge in [-0.1, -0.05) is 30.3 Å². The number of nitrogens with zero attached hydrogens (tertiary/aromatic N) is 4. The number of anilines is 1. The number of aromatic nitrogens is 4. The molecule has 1 N–H and O–H groups in total. The summed E-state index contributed by atoms with van der Waals surface area (Å²) in [6, 6.07) is 12.1. The highest BCUT2D eigenvalue weighted by Crippen LogP contribution is 2.26. The smallest absolute Gasteiger partial charge is 0.333 e. The van der Waals surface area contributed by atoms with E-state index in [4.69, 9.17) is 0 Å². The topological polar surface area (TPSA) is 93.0 Å². The zero-order chi connectivity index (χ0) is 24.7. The summed E-state index contributed by atoms with van der Waals surface area (Å²) in [4.78, 5) is 46.8. The Hall–Kier alpha value is -4.41. The number of hydrogen-bond acceptors (Lipinski definition) is 5. The Balaban J connectivity index is 1.64. The Morgan fingerprint density at radius 2 is 1.51 bits per heavy atom. The largest absolute Gasteiger partial charge is 0.355 e. The lowest BCUT2D eigenvalue weighted by Crippen LogP contribution is -2.45. The predicted molar refractivity (Wildman–Crippen MR) is 121 cm³/mol. The minimum absolute atomic E-state index is 0.000405. The zero-order valence-electron chi connectivity index (χ0n) is 18.2. The number of hydrogen-bond donors (Lipinski definition) is 1. The van der Waals surface area contributed by atoms with Gasteiger partial charge < -0.3 is 9.88 Å². The molecule has 1 aliphatic rings. The van der Waals surface area contributed by atoms with Gasteiger partial charge in [-0.2, -0.15) is 4.98 Å². The average molecular weight is 481 g/mol. The molecule has 0 saturated heterocycles. The summed E-state index contributed by atoms with van der Waals surface area (Å²) >= 11 is 0. The van der Waals surface area contributed by atoms with Gasteiger partial charge in [0, 0.05) is 24.8 Å². The quantitative estimate of drug-likeness (QED) is 0.441. The van der Waals surface area contributed by atoms with E-state index in [-0.39, 0.29) is 30.2 Å². The number of pyridine rings is 1. The van der Waals surface area contributed by atoms with Gasteiger partial charge >= 0.3 is 11.4 Å². The van der Waals surface area contributed by atoms with Gasteiger partial charge in [0.2, 0.25) is 5.95 Å². The lowest BCUT2D eigenvalue weighted by molar-refractivity contribution is 0.444. The van der Waals surface area contributed by atoms with E-state index in [1.165, 1.54) is 12.3 Å². The first kappa shape index (κ1) is 22.4. The summed E-state index contributed by atoms with van der Waals surface area (Å²) in [5.41, 5.74) is -0.112. The molecule has 0 spiro atoms. The van der Waals surface area contributed by atoms with E-state index in [1.807, 2.05) is 24.3 Å². The first-order chi connectivity index (χ1) is 16.8. The van der Waals surface area contributed by atoms with E-state index in [0.717, 1.165) is 32.4 Å². The summed E-state index contributed by atoms with van der Waals surface area (Å²) in [6.45, 7) is -0.0197. The third kappa shape index (κ3) is 4.16. The van der Waals surface area contributed by atoms with Gasteiger partial charge in [0.15, 0.2) is 17.5 Å². The van der Waals surface area contributed by atoms with Crippen molar-refractivity contribution in [1.82, 2.24) is 19.1 Å². The molecule has 2 aromatic heterocycles. The molecule has 0 amide bonds. The van der Waals surface area contributed by atoms with Crippen LogP contribution >= 0.6 is 0 Å². The summed E-state index contributed by atoms with van der Waals surface area (Å²) < 4.78 is 43.1. The maximum Gasteiger partial charge on any atom is 0.355 e. The third-order valence-electron chi connectivity index (χ3n) is 5.87. The Morgan fingerprint density at radius 1 is 0.857 bits per heavy atom. The number of benzene rings is 2. The molecule has 11 heteroatoms. The van der Waals surface area contributed by atoms with E-state index in [1.54, 1.807) is 11.0 Å². The highest BCUT2D eigenvalue weighted by molar-refractivity contribution is 5.43. The Bertz CT molecular complexity index is 1580. The van der Waals surface area contributed by atoms with Crippen molar-refractivity contribution >= 4 is 5.95 Å². The lowest BCUT2D eigenvalue weighted by Gasteiger charge is -2.22. The van der Waals surface area contributed by atoms with E-state index in [2.05, 4.69) is 9.97 Å². The van der Waals surface area contributed by atoms with Crippen molar-refractivity contribution in [3.63, 3.8) is 0 Å². The Kier molecular flexibility index (Phi) is 5.59. The fourth-order valence-electron chi connectivity index (χ4n) is 4.14. The molecule has 8 nitrogen and oxygen atoms in total. The maximum absolute atomic E-state index is 13.9. The third-order valence-corrected chi connectivity index (χ3v) is 5.87. The molecule has 5 rings (SSSR count). The van der Waals surface area contributed by atoms with Gasteiger partial charge in [-0.05, 0) is 34.9 Å². The van der Waals surface area contributed by atoms with Crippen LogP contribution in [0.15, 0.2) is 69.1 Å². The standard InChI is InChI=1S/C24H18F3N5O3/c25-18-8-14(9-19(26)20(18)27)10-31-22(30-11-15-4-1-2-5-16(15)12-30)29-23(34)32(24(31)35)13-17-6-3-7-28-21(17)33/h1-9H,10-13H2,(H,28,33). The van der Waals surface area contributed by atoms with Crippen molar-refractivity contribution in [1.29, 1.82) is 0 Å². The number of H-pyrrole nitrogens is 1. The van der Waals surface area contributed by atoms with Gasteiger partial charge in [0.1, 0.15) is 0 Å². The summed E-state index contributed by atoms with van der Waals surface area (Å²) in [6.07, 6.45) is 1.41. The number of fused-ring (bicyclic) bond motifs is 1. The molecule has 0 aliphatic carbocycles. The molecule has 0 fully saturated rings. The van der Waals surface area contributed by atoms with Crippen molar-refractivity contribution in [3.8, 4) is 0 Å². The van der Waals surface area contributed by atoms with Gasteiger partial charge in [0.05, 0.1) is 13.1 Å². The van der Waals surface area contributed by atoms with E-state index in [0.29, 0.717) is 13.1 Å². The van der Waals surface area contributed by atoms with Crippen molar-refractivity contribution in [2.75, 3.05) is 4.90 Å². The molecule has 3 heterocycles. The number of halogens is 3. The monoisotopic (exact) mass is 481 g/mol. The van der Waals surface area contributed by atoms with Crippen LogP contribution in [0, 0.1) is 17.5 Å². The molecule has 0 bridgehead atoms. The van der Waals surface area contributed by atoms with Crippen LogP contribution in [0.4, 0.5) is 19.1 Å². The predicted octanol–water partition coefficient (Wildman–Crippen LogP) is 2.13. The van der Waals surface area contributed by atoms with Crippen LogP contribution in [-0.4, -0.2) is 19.1 Å². The van der Waals surface area contributed by atoms with Crippen LogP contribution in [0.25, 0.3) is 0 Å². The second kappa shape index (κ2) is 8.75. The van der Waals surface area contributed by atoms with Crippen LogP contribution in [-0.2, 0) is 26.2 Å². The van der Waals surface area contributed by atoms with E-state index in [9.17, 15) is 27.6 Å². The summed E-state index contributed by atoms with van der Waals surface area (Å²) in [5.74, 6) is -4.43. The minimum atomic E-state index is -1.62. The zero-order valence-corrected chi connectivity index (χ0v) is 18.2. The van der Waals surface area contributed by atoms with E-state index >= 15 is 0 Å². The first-order valence-corrected chi connectivity index (χ1v) is 10.6. The summed E-state index contributed by atoms with van der Waals surface area (Å²) in [7, 11) is 0. The fourth-order valence-corrected chi connectivity index (χ4v) is 4.14. The molecule has 0 atom stereocenters. The molecular weight excluding hydrogens is 463 g/mol. The number of aromatic amines is 1. The first-order valence-electron chi connectivity index (χ1n) is 10.6.